The van der Waals surface area contributed by atoms with Crippen molar-refractivity contribution in [3.63, 3.8) is 0 Å². The van der Waals surface area contributed by atoms with Crippen LogP contribution in [0.4, 0.5) is 5.69 Å². The molecule has 1 aliphatic heterocycles. The van der Waals surface area contributed by atoms with E-state index in [1.807, 2.05) is 30.7 Å². The number of hydrogen-bond acceptors (Lipinski definition) is 3. The van der Waals surface area contributed by atoms with Crippen LogP contribution in [0.1, 0.15) is 30.7 Å². The summed E-state index contributed by atoms with van der Waals surface area (Å²) in [7, 11) is 0. The minimum atomic E-state index is 0.328. The molecule has 1 atom stereocenters. The number of nitrogens with two attached hydrogens (primary N) is 1. The minimum absolute atomic E-state index is 0.328. The summed E-state index contributed by atoms with van der Waals surface area (Å²) in [5, 5.41) is 0. The number of aromatic nitrogens is 1. The van der Waals surface area contributed by atoms with E-state index in [2.05, 4.69) is 34.3 Å². The molecule has 2 heterocycles. The van der Waals surface area contributed by atoms with Crippen molar-refractivity contribution in [3.8, 4) is 11.1 Å². The van der Waals surface area contributed by atoms with Gasteiger partial charge in [0.05, 0.1) is 0 Å². The minimum Gasteiger partial charge on any atom is -0.399 e. The van der Waals surface area contributed by atoms with Gasteiger partial charge in [-0.2, -0.15) is 0 Å². The molecule has 3 nitrogen and oxygen atoms in total. The third kappa shape index (κ3) is 3.37. The second kappa shape index (κ2) is 6.35. The summed E-state index contributed by atoms with van der Waals surface area (Å²) < 4.78 is 0. The van der Waals surface area contributed by atoms with Crippen LogP contribution in [0.3, 0.4) is 0 Å². The van der Waals surface area contributed by atoms with Crippen molar-refractivity contribution >= 4 is 11.9 Å². The standard InChI is InChI=1S/C18H19N3/c19-18-10-16(14-5-2-1-3-7-20-12-14)9-17(11-18)15-6-4-8-21-13-15/h3-4,6-14H,1-2,5,19H2/b7-3-,20-12?. The van der Waals surface area contributed by atoms with Crippen molar-refractivity contribution < 1.29 is 0 Å². The average Bonchev–Trinajstić information content (AvgIpc) is 2.47. The number of benzene rings is 1. The molecule has 0 radical (unpaired) electrons. The molecule has 1 aromatic carbocycles. The van der Waals surface area contributed by atoms with Crippen LogP contribution in [0.15, 0.2) is 60.0 Å². The summed E-state index contributed by atoms with van der Waals surface area (Å²) in [5.41, 5.74) is 10.3. The Hall–Kier alpha value is -2.42. The van der Waals surface area contributed by atoms with Gasteiger partial charge in [0.1, 0.15) is 0 Å². The van der Waals surface area contributed by atoms with Crippen molar-refractivity contribution in [2.75, 3.05) is 5.73 Å². The molecule has 1 aliphatic rings. The maximum atomic E-state index is 6.09. The monoisotopic (exact) mass is 277 g/mol. The van der Waals surface area contributed by atoms with Crippen LogP contribution in [-0.4, -0.2) is 11.2 Å². The zero-order valence-electron chi connectivity index (χ0n) is 11.9. The fourth-order valence-corrected chi connectivity index (χ4v) is 2.66. The Bertz CT molecular complexity index is 659. The second-order valence-corrected chi connectivity index (χ2v) is 5.35. The summed E-state index contributed by atoms with van der Waals surface area (Å²) in [6, 6.07) is 10.3. The van der Waals surface area contributed by atoms with Gasteiger partial charge in [-0.25, -0.2) is 0 Å². The van der Waals surface area contributed by atoms with E-state index in [1.54, 1.807) is 6.20 Å². The number of nitrogens with zero attached hydrogens (tertiary/aromatic N) is 2. The Kier molecular flexibility index (Phi) is 4.10. The lowest BCUT2D eigenvalue weighted by Gasteiger charge is -2.15. The number of rotatable bonds is 2. The van der Waals surface area contributed by atoms with Gasteiger partial charge >= 0.3 is 0 Å². The van der Waals surface area contributed by atoms with Gasteiger partial charge in [-0.1, -0.05) is 18.2 Å². The topological polar surface area (TPSA) is 51.3 Å². The van der Waals surface area contributed by atoms with Crippen LogP contribution in [0.5, 0.6) is 0 Å². The summed E-state index contributed by atoms with van der Waals surface area (Å²) in [4.78, 5) is 8.55. The molecule has 0 saturated heterocycles. The van der Waals surface area contributed by atoms with Crippen molar-refractivity contribution in [2.45, 2.75) is 25.2 Å². The van der Waals surface area contributed by atoms with E-state index in [1.165, 1.54) is 12.0 Å². The van der Waals surface area contributed by atoms with Gasteiger partial charge in [0, 0.05) is 42.0 Å². The van der Waals surface area contributed by atoms with Crippen molar-refractivity contribution in [3.05, 3.63) is 60.6 Å². The van der Waals surface area contributed by atoms with Crippen LogP contribution < -0.4 is 5.73 Å². The lowest BCUT2D eigenvalue weighted by Crippen LogP contribution is -2.03. The molecule has 3 rings (SSSR count). The smallest absolute Gasteiger partial charge is 0.0346 e. The first kappa shape index (κ1) is 13.6. The third-order valence-corrected chi connectivity index (χ3v) is 3.74. The second-order valence-electron chi connectivity index (χ2n) is 5.35. The molecule has 1 unspecified atom stereocenters. The molecule has 0 aliphatic carbocycles. The summed E-state index contributed by atoms with van der Waals surface area (Å²) in [5.74, 6) is 0.328. The van der Waals surface area contributed by atoms with Crippen LogP contribution in [0.2, 0.25) is 0 Å². The number of aliphatic imine (C=N–C) groups is 1. The van der Waals surface area contributed by atoms with Crippen molar-refractivity contribution in [1.29, 1.82) is 0 Å². The van der Waals surface area contributed by atoms with Crippen molar-refractivity contribution in [1.82, 2.24) is 4.98 Å². The predicted octanol–water partition coefficient (Wildman–Crippen LogP) is 4.18. The lowest BCUT2D eigenvalue weighted by molar-refractivity contribution is 0.710. The summed E-state index contributed by atoms with van der Waals surface area (Å²) in [6.07, 6.45) is 13.0. The normalized spacial score (nSPS) is 19.7. The Balaban J connectivity index is 1.97. The Morgan fingerprint density at radius 2 is 2.10 bits per heavy atom. The predicted molar refractivity (Wildman–Crippen MR) is 88.3 cm³/mol. The largest absolute Gasteiger partial charge is 0.399 e. The van der Waals surface area contributed by atoms with Crippen molar-refractivity contribution in [2.24, 2.45) is 4.99 Å². The van der Waals surface area contributed by atoms with Gasteiger partial charge < -0.3 is 5.73 Å². The zero-order chi connectivity index (χ0) is 14.5. The molecular formula is C18H19N3. The molecule has 2 N–H and O–H groups in total. The lowest BCUT2D eigenvalue weighted by atomic mass is 9.91. The summed E-state index contributed by atoms with van der Waals surface area (Å²) >= 11 is 0. The van der Waals surface area contributed by atoms with E-state index in [9.17, 15) is 0 Å². The van der Waals surface area contributed by atoms with Crippen LogP contribution >= 0.6 is 0 Å². The van der Waals surface area contributed by atoms with Crippen LogP contribution in [0.25, 0.3) is 11.1 Å². The van der Waals surface area contributed by atoms with Crippen LogP contribution in [-0.2, 0) is 0 Å². The molecule has 2 aromatic rings. The molecule has 1 aromatic heterocycles. The molecule has 0 fully saturated rings. The summed E-state index contributed by atoms with van der Waals surface area (Å²) in [6.45, 7) is 0. The van der Waals surface area contributed by atoms with Gasteiger partial charge in [-0.05, 0) is 48.6 Å². The number of hydrogen-bond donors (Lipinski definition) is 1. The van der Waals surface area contributed by atoms with Gasteiger partial charge in [0.2, 0.25) is 0 Å². The fraction of sp³-hybridized carbons (Fsp3) is 0.222. The quantitative estimate of drug-likeness (QED) is 0.837. The molecule has 106 valence electrons. The van der Waals surface area contributed by atoms with Crippen LogP contribution in [0, 0.1) is 0 Å². The van der Waals surface area contributed by atoms with E-state index in [0.29, 0.717) is 5.92 Å². The number of pyridine rings is 1. The van der Waals surface area contributed by atoms with E-state index >= 15 is 0 Å². The third-order valence-electron chi connectivity index (χ3n) is 3.74. The van der Waals surface area contributed by atoms with E-state index in [4.69, 9.17) is 5.73 Å². The molecule has 0 amide bonds. The maximum absolute atomic E-state index is 6.09. The van der Waals surface area contributed by atoms with E-state index in [0.717, 1.165) is 29.7 Å². The zero-order valence-corrected chi connectivity index (χ0v) is 11.9. The number of anilines is 1. The van der Waals surface area contributed by atoms with E-state index < -0.39 is 0 Å². The molecule has 0 bridgehead atoms. The Morgan fingerprint density at radius 1 is 1.14 bits per heavy atom. The van der Waals surface area contributed by atoms with Gasteiger partial charge in [0.25, 0.3) is 0 Å². The average molecular weight is 277 g/mol. The number of nitrogen functional groups attached to an aromatic ring is 1. The fourth-order valence-electron chi connectivity index (χ4n) is 2.66. The Labute approximate surface area is 125 Å². The highest BCUT2D eigenvalue weighted by molar-refractivity contribution is 5.74. The highest BCUT2D eigenvalue weighted by atomic mass is 14.7. The SMILES string of the molecule is Nc1cc(-c2cccnc2)cc(C2C=N/C=C\CCC2)c1. The molecule has 3 heteroatoms. The number of allylic oxidation sites excluding steroid dienone is 1. The van der Waals surface area contributed by atoms with Gasteiger partial charge in [-0.3, -0.25) is 9.98 Å². The first-order valence-electron chi connectivity index (χ1n) is 7.32. The first-order chi connectivity index (χ1) is 10.3. The van der Waals surface area contributed by atoms with Gasteiger partial charge in [0.15, 0.2) is 0 Å². The van der Waals surface area contributed by atoms with E-state index in [-0.39, 0.29) is 0 Å². The first-order valence-corrected chi connectivity index (χ1v) is 7.32. The molecule has 21 heavy (non-hydrogen) atoms. The maximum Gasteiger partial charge on any atom is 0.0346 e. The molecular weight excluding hydrogens is 258 g/mol. The molecule has 0 saturated carbocycles. The highest BCUT2D eigenvalue weighted by Gasteiger charge is 2.12. The highest BCUT2D eigenvalue weighted by Crippen LogP contribution is 2.29. The Morgan fingerprint density at radius 3 is 2.95 bits per heavy atom. The van der Waals surface area contributed by atoms with Gasteiger partial charge in [-0.15, -0.1) is 0 Å². The molecule has 0 spiro atoms.